The summed E-state index contributed by atoms with van der Waals surface area (Å²) in [6.45, 7) is 4.55. The summed E-state index contributed by atoms with van der Waals surface area (Å²) in [5.41, 5.74) is 1.04. The Kier molecular flexibility index (Phi) is 3.28. The van der Waals surface area contributed by atoms with Crippen molar-refractivity contribution in [1.82, 2.24) is 4.90 Å². The molecule has 0 spiro atoms. The van der Waals surface area contributed by atoms with Gasteiger partial charge in [0.2, 0.25) is 0 Å². The minimum Gasteiger partial charge on any atom is -0.381 e. The molecule has 3 rings (SSSR count). The van der Waals surface area contributed by atoms with Crippen LogP contribution in [0.3, 0.4) is 0 Å². The topological polar surface area (TPSA) is 59.0 Å². The van der Waals surface area contributed by atoms with Crippen molar-refractivity contribution in [3.63, 3.8) is 0 Å². The van der Waals surface area contributed by atoms with Crippen molar-refractivity contribution in [2.24, 2.45) is 0 Å². The first kappa shape index (κ1) is 13.5. The Morgan fingerprint density at radius 2 is 2.05 bits per heavy atom. The average Bonchev–Trinajstić information content (AvgIpc) is 2.78. The molecule has 0 radical (unpaired) electrons. The van der Waals surface area contributed by atoms with Crippen molar-refractivity contribution < 1.29 is 19.4 Å². The van der Waals surface area contributed by atoms with Crippen molar-refractivity contribution in [3.8, 4) is 0 Å². The molecule has 3 atom stereocenters. The molecule has 1 amide bonds. The zero-order chi connectivity index (χ0) is 14.3. The Labute approximate surface area is 118 Å². The second kappa shape index (κ2) is 4.84. The number of aliphatic hydroxyl groups excluding tert-OH is 1. The maximum Gasteiger partial charge on any atom is 0.254 e. The number of ether oxygens (including phenoxy) is 2. The first-order chi connectivity index (χ1) is 9.48. The van der Waals surface area contributed by atoms with E-state index in [0.717, 1.165) is 5.56 Å². The van der Waals surface area contributed by atoms with Crippen LogP contribution in [0.5, 0.6) is 0 Å². The van der Waals surface area contributed by atoms with Crippen molar-refractivity contribution in [3.05, 3.63) is 35.9 Å². The molecule has 1 aromatic rings. The molecular weight excluding hydrogens is 258 g/mol. The normalized spacial score (nSPS) is 32.2. The maximum absolute atomic E-state index is 11.9. The monoisotopic (exact) mass is 277 g/mol. The van der Waals surface area contributed by atoms with Gasteiger partial charge in [0, 0.05) is 6.54 Å². The number of amides is 1. The van der Waals surface area contributed by atoms with E-state index in [2.05, 4.69) is 0 Å². The summed E-state index contributed by atoms with van der Waals surface area (Å²) in [5.74, 6) is -0.895. The Bertz CT molecular complexity index is 502. The molecule has 20 heavy (non-hydrogen) atoms. The van der Waals surface area contributed by atoms with Crippen LogP contribution in [0, 0.1) is 0 Å². The summed E-state index contributed by atoms with van der Waals surface area (Å²) in [6, 6.07) is 9.40. The van der Waals surface area contributed by atoms with Crippen LogP contribution >= 0.6 is 0 Å². The van der Waals surface area contributed by atoms with Gasteiger partial charge in [0.15, 0.2) is 11.9 Å². The van der Waals surface area contributed by atoms with Crippen LogP contribution in [-0.4, -0.2) is 46.6 Å². The van der Waals surface area contributed by atoms with Gasteiger partial charge in [0.1, 0.15) is 6.10 Å². The number of hydrogen-bond donors (Lipinski definition) is 1. The van der Waals surface area contributed by atoms with E-state index in [0.29, 0.717) is 13.2 Å². The Hall–Kier alpha value is -1.43. The SMILES string of the molecule is CC1(C)OC[C@H]([C@H]2[C@@H](O)C(=O)N2Cc2ccccc2)O1. The molecule has 1 N–H and O–H groups in total. The van der Waals surface area contributed by atoms with Crippen LogP contribution in [0.1, 0.15) is 19.4 Å². The molecule has 108 valence electrons. The Morgan fingerprint density at radius 1 is 1.35 bits per heavy atom. The van der Waals surface area contributed by atoms with Crippen molar-refractivity contribution in [1.29, 1.82) is 0 Å². The fourth-order valence-corrected chi connectivity index (χ4v) is 2.80. The Morgan fingerprint density at radius 3 is 2.65 bits per heavy atom. The molecule has 2 aliphatic heterocycles. The van der Waals surface area contributed by atoms with Crippen LogP contribution < -0.4 is 0 Å². The second-order valence-electron chi connectivity index (χ2n) is 5.75. The predicted octanol–water partition coefficient (Wildman–Crippen LogP) is 0.910. The molecule has 5 nitrogen and oxygen atoms in total. The highest BCUT2D eigenvalue weighted by atomic mass is 16.7. The highest BCUT2D eigenvalue weighted by molar-refractivity contribution is 5.88. The number of β-lactam (4-membered cyclic amide) rings is 1. The van der Waals surface area contributed by atoms with Gasteiger partial charge in [0.05, 0.1) is 12.6 Å². The van der Waals surface area contributed by atoms with Crippen molar-refractivity contribution in [2.75, 3.05) is 6.61 Å². The smallest absolute Gasteiger partial charge is 0.254 e. The number of likely N-dealkylation sites (tertiary alicyclic amines) is 1. The summed E-state index contributed by atoms with van der Waals surface area (Å²) < 4.78 is 11.3. The van der Waals surface area contributed by atoms with E-state index in [-0.39, 0.29) is 18.1 Å². The van der Waals surface area contributed by atoms with E-state index >= 15 is 0 Å². The second-order valence-corrected chi connectivity index (χ2v) is 5.75. The third-order valence-electron chi connectivity index (χ3n) is 3.83. The van der Waals surface area contributed by atoms with Crippen molar-refractivity contribution >= 4 is 5.91 Å². The number of hydrogen-bond acceptors (Lipinski definition) is 4. The molecule has 0 aromatic heterocycles. The van der Waals surface area contributed by atoms with Crippen LogP contribution in [-0.2, 0) is 20.8 Å². The predicted molar refractivity (Wildman–Crippen MR) is 71.7 cm³/mol. The standard InChI is InChI=1S/C15H19NO4/c1-15(2)19-9-11(20-15)12-13(17)14(18)16(12)8-10-6-4-3-5-7-10/h3-7,11-13,17H,8-9H2,1-2H3/t11-,12+,13-/m1/s1. The molecule has 1 aromatic carbocycles. The summed E-state index contributed by atoms with van der Waals surface area (Å²) >= 11 is 0. The van der Waals surface area contributed by atoms with Gasteiger partial charge in [-0.3, -0.25) is 4.79 Å². The number of carbonyl (C=O) groups excluding carboxylic acids is 1. The fraction of sp³-hybridized carbons (Fsp3) is 0.533. The van der Waals surface area contributed by atoms with Gasteiger partial charge in [-0.05, 0) is 19.4 Å². The summed E-state index contributed by atoms with van der Waals surface area (Å²) in [4.78, 5) is 13.5. The lowest BCUT2D eigenvalue weighted by molar-refractivity contribution is -0.190. The number of rotatable bonds is 3. The number of aliphatic hydroxyl groups is 1. The fourth-order valence-electron chi connectivity index (χ4n) is 2.80. The molecule has 0 saturated carbocycles. The van der Waals surface area contributed by atoms with E-state index in [4.69, 9.17) is 9.47 Å². The van der Waals surface area contributed by atoms with Gasteiger partial charge in [-0.2, -0.15) is 0 Å². The van der Waals surface area contributed by atoms with E-state index < -0.39 is 11.9 Å². The van der Waals surface area contributed by atoms with E-state index in [1.165, 1.54) is 0 Å². The molecule has 0 aliphatic carbocycles. The lowest BCUT2D eigenvalue weighted by Crippen LogP contribution is -2.69. The zero-order valence-corrected chi connectivity index (χ0v) is 11.7. The number of carbonyl (C=O) groups is 1. The van der Waals surface area contributed by atoms with Gasteiger partial charge in [-0.1, -0.05) is 30.3 Å². The van der Waals surface area contributed by atoms with E-state index in [9.17, 15) is 9.90 Å². The third-order valence-corrected chi connectivity index (χ3v) is 3.83. The largest absolute Gasteiger partial charge is 0.381 e. The average molecular weight is 277 g/mol. The number of nitrogens with zero attached hydrogens (tertiary/aromatic N) is 1. The van der Waals surface area contributed by atoms with Gasteiger partial charge in [-0.15, -0.1) is 0 Å². The third kappa shape index (κ3) is 2.32. The van der Waals surface area contributed by atoms with Gasteiger partial charge < -0.3 is 19.5 Å². The highest BCUT2D eigenvalue weighted by Gasteiger charge is 2.53. The first-order valence-electron chi connectivity index (χ1n) is 6.82. The van der Waals surface area contributed by atoms with Gasteiger partial charge in [0.25, 0.3) is 5.91 Å². The summed E-state index contributed by atoms with van der Waals surface area (Å²) in [5, 5.41) is 9.93. The molecule has 2 fully saturated rings. The van der Waals surface area contributed by atoms with Crippen LogP contribution in [0.4, 0.5) is 0 Å². The molecule has 2 heterocycles. The molecular formula is C15H19NO4. The molecule has 0 bridgehead atoms. The van der Waals surface area contributed by atoms with Crippen molar-refractivity contribution in [2.45, 2.75) is 44.4 Å². The van der Waals surface area contributed by atoms with Gasteiger partial charge >= 0.3 is 0 Å². The summed E-state index contributed by atoms with van der Waals surface area (Å²) in [6.07, 6.45) is -1.26. The van der Waals surface area contributed by atoms with Crippen LogP contribution in [0.2, 0.25) is 0 Å². The van der Waals surface area contributed by atoms with Gasteiger partial charge in [-0.25, -0.2) is 0 Å². The number of benzene rings is 1. The zero-order valence-electron chi connectivity index (χ0n) is 11.7. The quantitative estimate of drug-likeness (QED) is 0.834. The lowest BCUT2D eigenvalue weighted by Gasteiger charge is -2.46. The molecule has 0 unspecified atom stereocenters. The maximum atomic E-state index is 11.9. The van der Waals surface area contributed by atoms with E-state index in [1.54, 1.807) is 4.90 Å². The molecule has 2 aliphatic rings. The lowest BCUT2D eigenvalue weighted by atomic mass is 9.92. The van der Waals surface area contributed by atoms with Crippen LogP contribution in [0.25, 0.3) is 0 Å². The Balaban J connectivity index is 1.72. The van der Waals surface area contributed by atoms with E-state index in [1.807, 2.05) is 44.2 Å². The minimum absolute atomic E-state index is 0.243. The molecule has 5 heteroatoms. The summed E-state index contributed by atoms with van der Waals surface area (Å²) in [7, 11) is 0. The highest BCUT2D eigenvalue weighted by Crippen LogP contribution is 2.33. The first-order valence-corrected chi connectivity index (χ1v) is 6.82. The van der Waals surface area contributed by atoms with Crippen LogP contribution in [0.15, 0.2) is 30.3 Å². The molecule has 2 saturated heterocycles. The minimum atomic E-state index is -0.985.